The Kier molecular flexibility index (Phi) is 8.02. The molecule has 0 bridgehead atoms. The van der Waals surface area contributed by atoms with Crippen LogP contribution < -0.4 is 16.4 Å². The first-order chi connectivity index (χ1) is 13.7. The van der Waals surface area contributed by atoms with Crippen molar-refractivity contribution in [3.8, 4) is 0 Å². The fourth-order valence-corrected chi connectivity index (χ4v) is 3.24. The molecule has 3 amide bonds. The summed E-state index contributed by atoms with van der Waals surface area (Å²) in [6.45, 7) is 1.85. The summed E-state index contributed by atoms with van der Waals surface area (Å²) in [7, 11) is 0. The number of imidazole rings is 1. The summed E-state index contributed by atoms with van der Waals surface area (Å²) in [5.41, 5.74) is 6.27. The number of carboxylic acid groups (broad SMARTS) is 1. The van der Waals surface area contributed by atoms with Crippen LogP contribution in [0.1, 0.15) is 25.5 Å². The number of carbonyl (C=O) groups is 4. The zero-order chi connectivity index (χ0) is 21.6. The van der Waals surface area contributed by atoms with Crippen LogP contribution in [0.4, 0.5) is 0 Å². The molecule has 4 atom stereocenters. The first-order valence-corrected chi connectivity index (χ1v) is 9.85. The number of likely N-dealkylation sites (tertiary alicyclic amines) is 1. The van der Waals surface area contributed by atoms with Gasteiger partial charge >= 0.3 is 5.97 Å². The Morgan fingerprint density at radius 2 is 2.14 bits per heavy atom. The zero-order valence-electron chi connectivity index (χ0n) is 16.0. The van der Waals surface area contributed by atoms with Crippen molar-refractivity contribution in [2.75, 3.05) is 12.3 Å². The number of amides is 3. The Hall–Kier alpha value is -2.60. The lowest BCUT2D eigenvalue weighted by Gasteiger charge is -2.27. The number of hydrogen-bond acceptors (Lipinski definition) is 7. The molecule has 1 saturated heterocycles. The molecule has 1 aromatic rings. The molecule has 1 aromatic heterocycles. The highest BCUT2D eigenvalue weighted by atomic mass is 32.1. The second-order valence-electron chi connectivity index (χ2n) is 6.89. The summed E-state index contributed by atoms with van der Waals surface area (Å²) >= 11 is 4.01. The molecular formula is C17H26N6O5S. The summed E-state index contributed by atoms with van der Waals surface area (Å²) in [6.07, 6.45) is 4.01. The molecule has 1 fully saturated rings. The van der Waals surface area contributed by atoms with Crippen molar-refractivity contribution in [2.45, 2.75) is 50.4 Å². The van der Waals surface area contributed by atoms with E-state index in [1.165, 1.54) is 24.3 Å². The van der Waals surface area contributed by atoms with Crippen molar-refractivity contribution >= 4 is 36.3 Å². The molecular weight excluding hydrogens is 400 g/mol. The summed E-state index contributed by atoms with van der Waals surface area (Å²) in [5.74, 6) is -2.53. The first kappa shape index (κ1) is 22.7. The van der Waals surface area contributed by atoms with E-state index in [2.05, 4.69) is 33.2 Å². The summed E-state index contributed by atoms with van der Waals surface area (Å²) in [4.78, 5) is 56.7. The Morgan fingerprint density at radius 3 is 2.72 bits per heavy atom. The van der Waals surface area contributed by atoms with E-state index in [0.717, 1.165) is 0 Å². The molecule has 0 aliphatic carbocycles. The van der Waals surface area contributed by atoms with E-state index in [9.17, 15) is 24.3 Å². The van der Waals surface area contributed by atoms with Crippen molar-refractivity contribution in [1.29, 1.82) is 0 Å². The summed E-state index contributed by atoms with van der Waals surface area (Å²) in [5, 5.41) is 14.3. The van der Waals surface area contributed by atoms with Crippen LogP contribution in [0.5, 0.6) is 0 Å². The van der Waals surface area contributed by atoms with Gasteiger partial charge in [0.15, 0.2) is 0 Å². The lowest BCUT2D eigenvalue weighted by Crippen LogP contribution is -2.56. The quantitative estimate of drug-likeness (QED) is 0.255. The molecule has 29 heavy (non-hydrogen) atoms. The van der Waals surface area contributed by atoms with Gasteiger partial charge in [0.05, 0.1) is 12.4 Å². The van der Waals surface area contributed by atoms with Crippen molar-refractivity contribution in [3.05, 3.63) is 18.2 Å². The third-order valence-corrected chi connectivity index (χ3v) is 5.09. The Labute approximate surface area is 173 Å². The van der Waals surface area contributed by atoms with Crippen LogP contribution in [0.25, 0.3) is 0 Å². The predicted octanol–water partition coefficient (Wildman–Crippen LogP) is -1.73. The SMILES string of the molecule is CC(NC(=O)C1CCCN1C(=O)C(N)CS)C(=O)NC(Cc1cnc[nH]1)C(=O)O. The average Bonchev–Trinajstić information content (AvgIpc) is 3.37. The Morgan fingerprint density at radius 1 is 1.41 bits per heavy atom. The highest BCUT2D eigenvalue weighted by Gasteiger charge is 2.37. The van der Waals surface area contributed by atoms with Gasteiger partial charge in [0.1, 0.15) is 18.1 Å². The van der Waals surface area contributed by atoms with Crippen LogP contribution in [-0.4, -0.2) is 80.1 Å². The number of nitrogens with two attached hydrogens (primary N) is 1. The third kappa shape index (κ3) is 5.94. The van der Waals surface area contributed by atoms with Gasteiger partial charge in [-0.1, -0.05) is 0 Å². The summed E-state index contributed by atoms with van der Waals surface area (Å²) in [6, 6.07) is -3.68. The Balaban J connectivity index is 1.94. The van der Waals surface area contributed by atoms with Gasteiger partial charge in [-0.05, 0) is 19.8 Å². The number of rotatable bonds is 9. The molecule has 6 N–H and O–H groups in total. The molecule has 4 unspecified atom stereocenters. The molecule has 12 heteroatoms. The van der Waals surface area contributed by atoms with E-state index in [1.807, 2.05) is 0 Å². The number of aromatic nitrogens is 2. The van der Waals surface area contributed by atoms with Crippen LogP contribution >= 0.6 is 12.6 Å². The van der Waals surface area contributed by atoms with Crippen LogP contribution in [0.15, 0.2) is 12.5 Å². The minimum Gasteiger partial charge on any atom is -0.480 e. The zero-order valence-corrected chi connectivity index (χ0v) is 16.9. The molecule has 0 saturated carbocycles. The predicted molar refractivity (Wildman–Crippen MR) is 106 cm³/mol. The van der Waals surface area contributed by atoms with Gasteiger partial charge in [0, 0.05) is 30.6 Å². The number of carbonyl (C=O) groups excluding carboxylic acids is 3. The van der Waals surface area contributed by atoms with Crippen molar-refractivity contribution in [2.24, 2.45) is 5.73 Å². The van der Waals surface area contributed by atoms with E-state index in [-0.39, 0.29) is 18.1 Å². The van der Waals surface area contributed by atoms with E-state index in [1.54, 1.807) is 0 Å². The van der Waals surface area contributed by atoms with Gasteiger partial charge in [-0.25, -0.2) is 9.78 Å². The fourth-order valence-electron chi connectivity index (χ4n) is 3.08. The molecule has 160 valence electrons. The first-order valence-electron chi connectivity index (χ1n) is 9.22. The number of carboxylic acids is 1. The minimum atomic E-state index is -1.21. The van der Waals surface area contributed by atoms with E-state index < -0.39 is 42.0 Å². The minimum absolute atomic E-state index is 0.0221. The second-order valence-corrected chi connectivity index (χ2v) is 7.25. The van der Waals surface area contributed by atoms with Gasteiger partial charge in [-0.15, -0.1) is 0 Å². The maximum Gasteiger partial charge on any atom is 0.326 e. The smallest absolute Gasteiger partial charge is 0.326 e. The lowest BCUT2D eigenvalue weighted by molar-refractivity contribution is -0.142. The molecule has 1 aliphatic rings. The maximum atomic E-state index is 12.6. The van der Waals surface area contributed by atoms with Crippen molar-refractivity contribution in [3.63, 3.8) is 0 Å². The topological polar surface area (TPSA) is 171 Å². The van der Waals surface area contributed by atoms with Crippen LogP contribution in [0.3, 0.4) is 0 Å². The van der Waals surface area contributed by atoms with E-state index >= 15 is 0 Å². The third-order valence-electron chi connectivity index (χ3n) is 4.70. The molecule has 2 rings (SSSR count). The van der Waals surface area contributed by atoms with Gasteiger partial charge < -0.3 is 31.4 Å². The number of thiol groups is 1. The monoisotopic (exact) mass is 426 g/mol. The van der Waals surface area contributed by atoms with E-state index in [4.69, 9.17) is 5.73 Å². The van der Waals surface area contributed by atoms with Crippen molar-refractivity contribution < 1.29 is 24.3 Å². The number of hydrogen-bond donors (Lipinski definition) is 6. The number of H-pyrrole nitrogens is 1. The highest BCUT2D eigenvalue weighted by molar-refractivity contribution is 7.80. The van der Waals surface area contributed by atoms with Crippen molar-refractivity contribution in [1.82, 2.24) is 25.5 Å². The largest absolute Gasteiger partial charge is 0.480 e. The van der Waals surface area contributed by atoms with Gasteiger partial charge in [-0.3, -0.25) is 14.4 Å². The second kappa shape index (κ2) is 10.3. The normalized spacial score (nSPS) is 19.3. The average molecular weight is 426 g/mol. The maximum absolute atomic E-state index is 12.6. The molecule has 0 aromatic carbocycles. The van der Waals surface area contributed by atoms with Crippen LogP contribution in [-0.2, 0) is 25.6 Å². The highest BCUT2D eigenvalue weighted by Crippen LogP contribution is 2.18. The summed E-state index contributed by atoms with van der Waals surface area (Å²) < 4.78 is 0. The molecule has 0 spiro atoms. The number of nitrogens with zero attached hydrogens (tertiary/aromatic N) is 2. The van der Waals surface area contributed by atoms with E-state index in [0.29, 0.717) is 25.1 Å². The lowest BCUT2D eigenvalue weighted by atomic mass is 10.1. The fraction of sp³-hybridized carbons (Fsp3) is 0.588. The molecule has 11 nitrogen and oxygen atoms in total. The van der Waals surface area contributed by atoms with Gasteiger partial charge in [0.2, 0.25) is 17.7 Å². The standard InChI is InChI=1S/C17H26N6O5S/c1-9(14(24)22-12(17(27)28)5-10-6-19-8-20-10)21-15(25)13-3-2-4-23(13)16(26)11(18)7-29/h6,8-9,11-13,29H,2-5,7,18H2,1H3,(H,19,20)(H,21,25)(H,22,24)(H,27,28). The molecule has 2 heterocycles. The van der Waals surface area contributed by atoms with Crippen LogP contribution in [0.2, 0.25) is 0 Å². The number of aliphatic carboxylic acids is 1. The van der Waals surface area contributed by atoms with Crippen LogP contribution in [0, 0.1) is 0 Å². The number of nitrogens with one attached hydrogen (secondary N) is 3. The Bertz CT molecular complexity index is 743. The molecule has 1 aliphatic heterocycles. The molecule has 0 radical (unpaired) electrons. The van der Waals surface area contributed by atoms with Gasteiger partial charge in [0.25, 0.3) is 0 Å². The number of aromatic amines is 1. The van der Waals surface area contributed by atoms with Gasteiger partial charge in [-0.2, -0.15) is 12.6 Å².